The molecule has 0 saturated heterocycles. The van der Waals surface area contributed by atoms with Crippen LogP contribution in [0.15, 0.2) is 84.0 Å². The summed E-state index contributed by atoms with van der Waals surface area (Å²) in [5, 5.41) is 8.65. The number of carbonyl (C=O) groups excluding carboxylic acids is 1. The van der Waals surface area contributed by atoms with Crippen LogP contribution in [0.1, 0.15) is 5.56 Å². The maximum atomic E-state index is 12.6. The zero-order chi connectivity index (χ0) is 20.4. The smallest absolute Gasteiger partial charge is 0.406 e. The molecule has 3 aromatic rings. The highest BCUT2D eigenvalue weighted by Crippen LogP contribution is 2.32. The lowest BCUT2D eigenvalue weighted by Crippen LogP contribution is -2.20. The second-order valence-corrected chi connectivity index (χ2v) is 6.14. The summed E-state index contributed by atoms with van der Waals surface area (Å²) in [5.74, 6) is -0.938. The van der Waals surface area contributed by atoms with E-state index in [4.69, 9.17) is 0 Å². The Morgan fingerprint density at radius 1 is 0.862 bits per heavy atom. The average Bonchev–Trinajstić information content (AvgIpc) is 3.00. The molecule has 0 radical (unpaired) electrons. The Labute approximate surface area is 164 Å². The van der Waals surface area contributed by atoms with E-state index in [1.807, 2.05) is 60.7 Å². The number of hydrazone groups is 1. The third-order valence-electron chi connectivity index (χ3n) is 4.14. The standard InChI is InChI=1S/C21H14F3N3O2/c22-21(23,24)29-16-11-12-18-17(13-16)19(20(28)25-18)26-27(14-7-3-1-4-8-14)15-9-5-2-6-10-15/h1-13H,(H,25,26,28). The summed E-state index contributed by atoms with van der Waals surface area (Å²) >= 11 is 0. The molecule has 1 heterocycles. The minimum absolute atomic E-state index is 0.0136. The van der Waals surface area contributed by atoms with Gasteiger partial charge in [-0.05, 0) is 42.5 Å². The number of rotatable bonds is 4. The molecule has 0 saturated carbocycles. The SMILES string of the molecule is O=C1Nc2ccc(OC(F)(F)F)cc2/C1=N\N(c1ccccc1)c1ccccc1. The lowest BCUT2D eigenvalue weighted by molar-refractivity contribution is -0.274. The Balaban J connectivity index is 1.80. The van der Waals surface area contributed by atoms with Crippen molar-refractivity contribution in [3.05, 3.63) is 84.4 Å². The summed E-state index contributed by atoms with van der Waals surface area (Å²) in [4.78, 5) is 12.5. The fourth-order valence-corrected chi connectivity index (χ4v) is 2.93. The number of para-hydroxylation sites is 2. The lowest BCUT2D eigenvalue weighted by atomic mass is 10.1. The molecule has 0 aliphatic carbocycles. The van der Waals surface area contributed by atoms with Crippen molar-refractivity contribution in [3.63, 3.8) is 0 Å². The zero-order valence-electron chi connectivity index (χ0n) is 14.9. The monoisotopic (exact) mass is 397 g/mol. The molecule has 0 atom stereocenters. The number of ether oxygens (including phenoxy) is 1. The van der Waals surface area contributed by atoms with Gasteiger partial charge in [-0.2, -0.15) is 5.10 Å². The van der Waals surface area contributed by atoms with Gasteiger partial charge in [0.15, 0.2) is 5.71 Å². The molecule has 0 aromatic heterocycles. The molecule has 1 amide bonds. The number of anilines is 3. The maximum Gasteiger partial charge on any atom is 0.573 e. The van der Waals surface area contributed by atoms with Crippen molar-refractivity contribution in [1.82, 2.24) is 0 Å². The van der Waals surface area contributed by atoms with E-state index in [1.54, 1.807) is 5.01 Å². The highest BCUT2D eigenvalue weighted by atomic mass is 19.4. The molecule has 0 unspecified atom stereocenters. The molecule has 4 rings (SSSR count). The summed E-state index contributed by atoms with van der Waals surface area (Å²) in [6, 6.07) is 21.9. The first-order chi connectivity index (χ1) is 13.9. The number of amides is 1. The number of benzene rings is 3. The van der Waals surface area contributed by atoms with Gasteiger partial charge < -0.3 is 10.1 Å². The minimum Gasteiger partial charge on any atom is -0.406 e. The predicted molar refractivity (Wildman–Crippen MR) is 103 cm³/mol. The number of alkyl halides is 3. The Morgan fingerprint density at radius 2 is 1.45 bits per heavy atom. The Hall–Kier alpha value is -3.81. The molecule has 146 valence electrons. The third kappa shape index (κ3) is 4.06. The summed E-state index contributed by atoms with van der Waals surface area (Å²) in [6.45, 7) is 0. The van der Waals surface area contributed by atoms with Gasteiger partial charge in [0.05, 0.1) is 17.1 Å². The first kappa shape index (κ1) is 18.5. The van der Waals surface area contributed by atoms with E-state index < -0.39 is 18.0 Å². The van der Waals surface area contributed by atoms with E-state index in [0.717, 1.165) is 12.1 Å². The first-order valence-electron chi connectivity index (χ1n) is 8.61. The van der Waals surface area contributed by atoms with E-state index in [9.17, 15) is 18.0 Å². The van der Waals surface area contributed by atoms with Crippen molar-refractivity contribution in [2.45, 2.75) is 6.36 Å². The van der Waals surface area contributed by atoms with Crippen LogP contribution in [0.25, 0.3) is 0 Å². The Kier molecular flexibility index (Phi) is 4.67. The van der Waals surface area contributed by atoms with E-state index in [-0.39, 0.29) is 11.3 Å². The molecule has 8 heteroatoms. The van der Waals surface area contributed by atoms with Crippen LogP contribution in [-0.4, -0.2) is 18.0 Å². The number of halogens is 3. The minimum atomic E-state index is -4.83. The van der Waals surface area contributed by atoms with Crippen molar-refractivity contribution in [2.24, 2.45) is 5.10 Å². The number of fused-ring (bicyclic) bond motifs is 1. The number of carbonyl (C=O) groups is 1. The van der Waals surface area contributed by atoms with Crippen LogP contribution < -0.4 is 15.1 Å². The number of nitrogens with zero attached hydrogens (tertiary/aromatic N) is 2. The fraction of sp³-hybridized carbons (Fsp3) is 0.0476. The van der Waals surface area contributed by atoms with Gasteiger partial charge in [0.1, 0.15) is 5.75 Å². The number of hydrogen-bond acceptors (Lipinski definition) is 4. The first-order valence-corrected chi connectivity index (χ1v) is 8.61. The molecule has 0 fully saturated rings. The molecule has 0 spiro atoms. The lowest BCUT2D eigenvalue weighted by Gasteiger charge is -2.20. The van der Waals surface area contributed by atoms with Crippen molar-refractivity contribution in [3.8, 4) is 5.75 Å². The van der Waals surface area contributed by atoms with Crippen molar-refractivity contribution < 1.29 is 22.7 Å². The second kappa shape index (κ2) is 7.31. The number of nitrogens with one attached hydrogen (secondary N) is 1. The van der Waals surface area contributed by atoms with Crippen LogP contribution in [0.3, 0.4) is 0 Å². The van der Waals surface area contributed by atoms with Crippen molar-refractivity contribution in [1.29, 1.82) is 0 Å². The fourth-order valence-electron chi connectivity index (χ4n) is 2.93. The molecule has 3 aromatic carbocycles. The van der Waals surface area contributed by atoms with E-state index in [0.29, 0.717) is 17.1 Å². The highest BCUT2D eigenvalue weighted by molar-refractivity contribution is 6.54. The molecule has 1 aliphatic heterocycles. The Morgan fingerprint density at radius 3 is 2.00 bits per heavy atom. The maximum absolute atomic E-state index is 12.6. The van der Waals surface area contributed by atoms with Gasteiger partial charge in [0.2, 0.25) is 0 Å². The molecule has 1 N–H and O–H groups in total. The van der Waals surface area contributed by atoms with Gasteiger partial charge in [-0.1, -0.05) is 36.4 Å². The van der Waals surface area contributed by atoms with Gasteiger partial charge in [-0.3, -0.25) is 4.79 Å². The quantitative estimate of drug-likeness (QED) is 0.625. The van der Waals surface area contributed by atoms with Gasteiger partial charge >= 0.3 is 6.36 Å². The molecular formula is C21H14F3N3O2. The predicted octanol–water partition coefficient (Wildman–Crippen LogP) is 5.08. The van der Waals surface area contributed by atoms with E-state index >= 15 is 0 Å². The third-order valence-corrected chi connectivity index (χ3v) is 4.14. The summed E-state index contributed by atoms with van der Waals surface area (Å²) < 4.78 is 41.7. The summed E-state index contributed by atoms with van der Waals surface area (Å²) in [7, 11) is 0. The molecule has 5 nitrogen and oxygen atoms in total. The van der Waals surface area contributed by atoms with Gasteiger partial charge in [0, 0.05) is 5.56 Å². The van der Waals surface area contributed by atoms with E-state index in [1.165, 1.54) is 6.07 Å². The van der Waals surface area contributed by atoms with Gasteiger partial charge in [-0.15, -0.1) is 13.2 Å². The molecule has 0 bridgehead atoms. The van der Waals surface area contributed by atoms with Crippen LogP contribution in [0, 0.1) is 0 Å². The molecular weight excluding hydrogens is 383 g/mol. The average molecular weight is 397 g/mol. The normalized spacial score (nSPS) is 14.4. The van der Waals surface area contributed by atoms with Crippen LogP contribution in [-0.2, 0) is 4.79 Å². The second-order valence-electron chi connectivity index (χ2n) is 6.14. The van der Waals surface area contributed by atoms with Crippen LogP contribution in [0.5, 0.6) is 5.75 Å². The Bertz CT molecular complexity index is 1030. The zero-order valence-corrected chi connectivity index (χ0v) is 14.9. The van der Waals surface area contributed by atoms with Crippen LogP contribution in [0.2, 0.25) is 0 Å². The largest absolute Gasteiger partial charge is 0.573 e. The summed E-state index contributed by atoms with van der Waals surface area (Å²) in [6.07, 6.45) is -4.83. The topological polar surface area (TPSA) is 53.9 Å². The van der Waals surface area contributed by atoms with E-state index in [2.05, 4.69) is 15.2 Å². The van der Waals surface area contributed by atoms with Gasteiger partial charge in [0.25, 0.3) is 5.91 Å². The molecule has 29 heavy (non-hydrogen) atoms. The van der Waals surface area contributed by atoms with Crippen molar-refractivity contribution >= 4 is 28.7 Å². The van der Waals surface area contributed by atoms with Crippen molar-refractivity contribution in [2.75, 3.05) is 10.3 Å². The summed E-state index contributed by atoms with van der Waals surface area (Å²) in [5.41, 5.74) is 1.96. The van der Waals surface area contributed by atoms with Gasteiger partial charge in [-0.25, -0.2) is 5.01 Å². The highest BCUT2D eigenvalue weighted by Gasteiger charge is 2.33. The van der Waals surface area contributed by atoms with Crippen LogP contribution >= 0.6 is 0 Å². The number of hydrogen-bond donors (Lipinski definition) is 1. The van der Waals surface area contributed by atoms with Crippen LogP contribution in [0.4, 0.5) is 30.2 Å². The molecule has 1 aliphatic rings.